The van der Waals surface area contributed by atoms with Crippen LogP contribution in [0, 0.1) is 0 Å². The number of nitrogens with zero attached hydrogens (tertiary/aromatic N) is 5. The molecule has 2 aliphatic heterocycles. The fourth-order valence-electron chi connectivity index (χ4n) is 7.65. The van der Waals surface area contributed by atoms with Crippen LogP contribution in [0.5, 0.6) is 0 Å². The van der Waals surface area contributed by atoms with E-state index in [2.05, 4.69) is 56.7 Å². The first-order valence-electron chi connectivity index (χ1n) is 18.3. The maximum Gasteiger partial charge on any atom is 0.405 e. The molecule has 0 saturated carbocycles. The van der Waals surface area contributed by atoms with Crippen LogP contribution in [0.15, 0.2) is 116 Å². The van der Waals surface area contributed by atoms with Gasteiger partial charge in [-0.05, 0) is 65.6 Å². The summed E-state index contributed by atoms with van der Waals surface area (Å²) in [6.45, 7) is 1.25. The first kappa shape index (κ1) is 34.5. The van der Waals surface area contributed by atoms with Crippen molar-refractivity contribution in [2.45, 2.75) is 50.2 Å². The van der Waals surface area contributed by atoms with Gasteiger partial charge >= 0.3 is 6.09 Å². The number of likely N-dealkylation sites (tertiary alicyclic amines) is 2. The van der Waals surface area contributed by atoms with Crippen LogP contribution in [-0.2, 0) is 16.0 Å². The Morgan fingerprint density at radius 3 is 2.09 bits per heavy atom. The first-order chi connectivity index (χ1) is 26.4. The molecule has 12 nitrogen and oxygen atoms in total. The minimum Gasteiger partial charge on any atom is -0.465 e. The molecule has 3 amide bonds. The summed E-state index contributed by atoms with van der Waals surface area (Å²) in [7, 11) is 0. The molecule has 272 valence electrons. The number of rotatable bonds is 10. The lowest BCUT2D eigenvalue weighted by Gasteiger charge is -2.28. The molecule has 3 atom stereocenters. The second-order valence-electron chi connectivity index (χ2n) is 13.8. The minimum atomic E-state index is -1.25. The smallest absolute Gasteiger partial charge is 0.405 e. The summed E-state index contributed by atoms with van der Waals surface area (Å²) in [5.41, 5.74) is 7.31. The van der Waals surface area contributed by atoms with Crippen molar-refractivity contribution < 1.29 is 19.5 Å². The van der Waals surface area contributed by atoms with Gasteiger partial charge in [0.1, 0.15) is 17.7 Å². The van der Waals surface area contributed by atoms with Gasteiger partial charge < -0.3 is 30.2 Å². The van der Waals surface area contributed by atoms with Gasteiger partial charge in [0.25, 0.3) is 5.91 Å². The van der Waals surface area contributed by atoms with Crippen LogP contribution in [0.2, 0.25) is 0 Å². The molecule has 8 rings (SSSR count). The summed E-state index contributed by atoms with van der Waals surface area (Å²) < 4.78 is 0. The molecule has 54 heavy (non-hydrogen) atoms. The molecule has 4 N–H and O–H groups in total. The Hall–Kier alpha value is -6.56. The van der Waals surface area contributed by atoms with Gasteiger partial charge in [-0.15, -0.1) is 0 Å². The number of H-pyrrole nitrogens is 2. The van der Waals surface area contributed by atoms with Gasteiger partial charge in [-0.1, -0.05) is 78.9 Å². The fourth-order valence-corrected chi connectivity index (χ4v) is 7.65. The predicted octanol–water partition coefficient (Wildman–Crippen LogP) is 7.11. The Morgan fingerprint density at radius 2 is 1.41 bits per heavy atom. The summed E-state index contributed by atoms with van der Waals surface area (Å²) in [6.07, 6.45) is 9.57. The lowest BCUT2D eigenvalue weighted by Crippen LogP contribution is -2.42. The average Bonchev–Trinajstić information content (AvgIpc) is 4.04. The van der Waals surface area contributed by atoms with Crippen LogP contribution in [0.4, 0.5) is 4.79 Å². The first-order valence-corrected chi connectivity index (χ1v) is 18.3. The third kappa shape index (κ3) is 7.23. The van der Waals surface area contributed by atoms with E-state index in [9.17, 15) is 19.5 Å². The van der Waals surface area contributed by atoms with Crippen molar-refractivity contribution in [2.75, 3.05) is 13.1 Å². The molecule has 2 saturated heterocycles. The van der Waals surface area contributed by atoms with Gasteiger partial charge in [-0.2, -0.15) is 0 Å². The molecular weight excluding hydrogens is 681 g/mol. The van der Waals surface area contributed by atoms with E-state index in [4.69, 9.17) is 9.97 Å². The van der Waals surface area contributed by atoms with Gasteiger partial charge in [0, 0.05) is 37.2 Å². The predicted molar refractivity (Wildman–Crippen MR) is 203 cm³/mol. The SMILES string of the molecule is O=C(O)N[C@@H](C(=O)N1CCC[C@H]1c1nc(-c2ccc(-c3ccc(-c4cnc([C@@H]5CCCN5C(=O)Cc5ccncc5)[nH]4)cc3)cc2)c[nH]1)c1ccccc1. The monoisotopic (exact) mass is 720 g/mol. The molecule has 6 aromatic rings. The van der Waals surface area contributed by atoms with E-state index in [0.29, 0.717) is 24.4 Å². The summed E-state index contributed by atoms with van der Waals surface area (Å²) in [4.78, 5) is 62.5. The second kappa shape index (κ2) is 15.2. The molecule has 5 heterocycles. The van der Waals surface area contributed by atoms with Gasteiger partial charge in [0.05, 0.1) is 36.1 Å². The maximum absolute atomic E-state index is 13.7. The normalized spacial score (nSPS) is 17.4. The number of nitrogens with one attached hydrogen (secondary N) is 3. The van der Waals surface area contributed by atoms with E-state index in [1.807, 2.05) is 47.6 Å². The van der Waals surface area contributed by atoms with Crippen LogP contribution in [0.1, 0.15) is 66.6 Å². The van der Waals surface area contributed by atoms with Crippen molar-refractivity contribution in [3.05, 3.63) is 139 Å². The lowest BCUT2D eigenvalue weighted by atomic mass is 10.0. The summed E-state index contributed by atoms with van der Waals surface area (Å²) >= 11 is 0. The number of imidazole rings is 2. The number of aromatic amines is 2. The molecule has 0 spiro atoms. The van der Waals surface area contributed by atoms with Crippen molar-refractivity contribution in [3.8, 4) is 33.6 Å². The van der Waals surface area contributed by atoms with Crippen LogP contribution < -0.4 is 5.32 Å². The van der Waals surface area contributed by atoms with E-state index >= 15 is 0 Å². The Morgan fingerprint density at radius 1 is 0.778 bits per heavy atom. The maximum atomic E-state index is 13.7. The number of hydrogen-bond donors (Lipinski definition) is 4. The molecule has 2 fully saturated rings. The Labute approximate surface area is 312 Å². The highest BCUT2D eigenvalue weighted by molar-refractivity contribution is 5.87. The van der Waals surface area contributed by atoms with Crippen molar-refractivity contribution in [1.29, 1.82) is 0 Å². The number of aromatic nitrogens is 5. The quantitative estimate of drug-likeness (QED) is 0.117. The molecule has 0 bridgehead atoms. The molecule has 12 heteroatoms. The summed E-state index contributed by atoms with van der Waals surface area (Å²) in [5, 5.41) is 11.9. The molecule has 0 aliphatic carbocycles. The number of amides is 3. The Kier molecular flexibility index (Phi) is 9.71. The van der Waals surface area contributed by atoms with Crippen LogP contribution in [0.25, 0.3) is 33.6 Å². The second-order valence-corrected chi connectivity index (χ2v) is 13.8. The summed E-state index contributed by atoms with van der Waals surface area (Å²) in [6, 6.07) is 27.9. The molecule has 3 aromatic carbocycles. The zero-order valence-electron chi connectivity index (χ0n) is 29.6. The number of hydrogen-bond acceptors (Lipinski definition) is 6. The van der Waals surface area contributed by atoms with E-state index in [1.165, 1.54) is 0 Å². The molecule has 3 aromatic heterocycles. The van der Waals surface area contributed by atoms with E-state index < -0.39 is 12.1 Å². The van der Waals surface area contributed by atoms with E-state index in [1.54, 1.807) is 41.6 Å². The molecule has 0 unspecified atom stereocenters. The number of carbonyl (C=O) groups is 3. The molecule has 2 aliphatic rings. The average molecular weight is 721 g/mol. The highest BCUT2D eigenvalue weighted by Crippen LogP contribution is 2.35. The zero-order chi connectivity index (χ0) is 37.0. The van der Waals surface area contributed by atoms with Crippen LogP contribution >= 0.6 is 0 Å². The van der Waals surface area contributed by atoms with Crippen LogP contribution in [-0.4, -0.2) is 70.8 Å². The fraction of sp³-hybridized carbons (Fsp3) is 0.238. The lowest BCUT2D eigenvalue weighted by molar-refractivity contribution is -0.134. The summed E-state index contributed by atoms with van der Waals surface area (Å²) in [5.74, 6) is 1.29. The number of carboxylic acid groups (broad SMARTS) is 1. The number of pyridine rings is 1. The minimum absolute atomic E-state index is 0.0656. The van der Waals surface area contributed by atoms with Crippen molar-refractivity contribution in [1.82, 2.24) is 40.0 Å². The van der Waals surface area contributed by atoms with Gasteiger partial charge in [0.15, 0.2) is 0 Å². The Bertz CT molecular complexity index is 2240. The number of carbonyl (C=O) groups excluding carboxylic acids is 2. The van der Waals surface area contributed by atoms with Crippen molar-refractivity contribution in [3.63, 3.8) is 0 Å². The van der Waals surface area contributed by atoms with Crippen LogP contribution in [0.3, 0.4) is 0 Å². The van der Waals surface area contributed by atoms with Gasteiger partial charge in [-0.25, -0.2) is 14.8 Å². The Balaban J connectivity index is 0.921. The highest BCUT2D eigenvalue weighted by atomic mass is 16.4. The topological polar surface area (TPSA) is 160 Å². The third-order valence-electron chi connectivity index (χ3n) is 10.4. The third-order valence-corrected chi connectivity index (χ3v) is 10.4. The van der Waals surface area contributed by atoms with Crippen molar-refractivity contribution in [2.24, 2.45) is 0 Å². The molecule has 0 radical (unpaired) electrons. The van der Waals surface area contributed by atoms with E-state index in [-0.39, 0.29) is 23.9 Å². The van der Waals surface area contributed by atoms with Gasteiger partial charge in [0.2, 0.25) is 5.91 Å². The van der Waals surface area contributed by atoms with Crippen molar-refractivity contribution >= 4 is 17.9 Å². The highest BCUT2D eigenvalue weighted by Gasteiger charge is 2.37. The molecular formula is C42H40N8O4. The largest absolute Gasteiger partial charge is 0.465 e. The standard InChI is InChI=1S/C42H40N8O4/c51-37(24-27-18-20-43-21-19-27)49-22-4-8-35(49)39-44-25-33(46-39)30-14-10-28(11-15-30)29-12-16-31(17-13-29)34-26-45-40(47-34)36-9-5-23-50(36)41(52)38(48-42(53)54)32-6-2-1-3-7-32/h1-3,6-7,10-21,25-26,35-36,38,48H,4-5,8-9,22-24H2,(H,44,46)(H,45,47)(H,53,54)/t35-,36-,38+/m0/s1. The van der Waals surface area contributed by atoms with Gasteiger partial charge in [-0.3, -0.25) is 14.6 Å². The van der Waals surface area contributed by atoms with E-state index in [0.717, 1.165) is 77.3 Å². The zero-order valence-corrected chi connectivity index (χ0v) is 29.6. The number of benzene rings is 3.